The van der Waals surface area contributed by atoms with Crippen LogP contribution in [0.2, 0.25) is 10.0 Å². The average Bonchev–Trinajstić information content (AvgIpc) is 2.49. The number of rotatable bonds is 4. The van der Waals surface area contributed by atoms with Crippen molar-refractivity contribution in [3.05, 3.63) is 51.5 Å². The molecule has 3 nitrogen and oxygen atoms in total. The molecule has 0 saturated carbocycles. The fourth-order valence-electron chi connectivity index (χ4n) is 2.71. The molecule has 5 heteroatoms. The predicted octanol–water partition coefficient (Wildman–Crippen LogP) is 6.40. The smallest absolute Gasteiger partial charge is 0.316 e. The minimum absolute atomic E-state index is 0.229. The van der Waals surface area contributed by atoms with Crippen molar-refractivity contribution in [1.29, 1.82) is 0 Å². The Balaban J connectivity index is 2.70. The maximum atomic E-state index is 11.4. The molecule has 2 rings (SSSR count). The van der Waals surface area contributed by atoms with E-state index in [1.165, 1.54) is 0 Å². The van der Waals surface area contributed by atoms with E-state index in [0.29, 0.717) is 10.0 Å². The molecule has 128 valence electrons. The highest BCUT2D eigenvalue weighted by Crippen LogP contribution is 2.38. The molecule has 2 aromatic carbocycles. The summed E-state index contributed by atoms with van der Waals surface area (Å²) in [6.45, 7) is 8.35. The number of benzene rings is 2. The van der Waals surface area contributed by atoms with Crippen molar-refractivity contribution in [3.8, 4) is 11.1 Å². The van der Waals surface area contributed by atoms with Gasteiger partial charge >= 0.3 is 6.03 Å². The van der Waals surface area contributed by atoms with E-state index in [9.17, 15) is 4.79 Å². The van der Waals surface area contributed by atoms with Crippen molar-refractivity contribution >= 4 is 34.9 Å². The maximum absolute atomic E-state index is 11.4. The van der Waals surface area contributed by atoms with Gasteiger partial charge in [-0.1, -0.05) is 57.0 Å². The van der Waals surface area contributed by atoms with Crippen LogP contribution in [0.1, 0.15) is 50.7 Å². The highest BCUT2D eigenvalue weighted by molar-refractivity contribution is 6.42. The van der Waals surface area contributed by atoms with Crippen molar-refractivity contribution in [1.82, 2.24) is 0 Å². The highest BCUT2D eigenvalue weighted by atomic mass is 35.5. The molecule has 0 fully saturated rings. The number of hydrogen-bond donors (Lipinski definition) is 2. The number of primary amides is 1. The van der Waals surface area contributed by atoms with Crippen LogP contribution in [0.15, 0.2) is 30.3 Å². The second-order valence-electron chi connectivity index (χ2n) is 6.46. The third kappa shape index (κ3) is 4.03. The Bertz CT molecular complexity index is 741. The quantitative estimate of drug-likeness (QED) is 0.647. The van der Waals surface area contributed by atoms with Gasteiger partial charge in [0.25, 0.3) is 0 Å². The van der Waals surface area contributed by atoms with E-state index in [4.69, 9.17) is 28.9 Å². The number of hydrogen-bond acceptors (Lipinski definition) is 1. The molecule has 0 spiro atoms. The Morgan fingerprint density at radius 2 is 1.46 bits per heavy atom. The first-order valence-corrected chi connectivity index (χ1v) is 8.66. The maximum Gasteiger partial charge on any atom is 0.316 e. The molecule has 0 unspecified atom stereocenters. The van der Waals surface area contributed by atoms with Crippen LogP contribution < -0.4 is 11.1 Å². The van der Waals surface area contributed by atoms with Crippen LogP contribution in [0.25, 0.3) is 11.1 Å². The summed E-state index contributed by atoms with van der Waals surface area (Å²) in [6.07, 6.45) is 0. The van der Waals surface area contributed by atoms with Gasteiger partial charge in [0, 0.05) is 5.69 Å². The van der Waals surface area contributed by atoms with Gasteiger partial charge in [-0.05, 0) is 58.4 Å². The van der Waals surface area contributed by atoms with Gasteiger partial charge in [0.1, 0.15) is 0 Å². The number of carbonyl (C=O) groups is 1. The molecule has 0 atom stereocenters. The van der Waals surface area contributed by atoms with Crippen molar-refractivity contribution in [3.63, 3.8) is 0 Å². The number of anilines is 1. The zero-order valence-electron chi connectivity index (χ0n) is 14.3. The van der Waals surface area contributed by atoms with Crippen LogP contribution >= 0.6 is 23.2 Å². The minimum atomic E-state index is -0.555. The Morgan fingerprint density at radius 3 is 1.88 bits per heavy atom. The lowest BCUT2D eigenvalue weighted by atomic mass is 9.88. The van der Waals surface area contributed by atoms with Crippen LogP contribution in [0, 0.1) is 0 Å². The van der Waals surface area contributed by atoms with Crippen LogP contribution in [-0.2, 0) is 0 Å². The van der Waals surface area contributed by atoms with Crippen LogP contribution in [0.3, 0.4) is 0 Å². The largest absolute Gasteiger partial charge is 0.351 e. The summed E-state index contributed by atoms with van der Waals surface area (Å²) < 4.78 is 0. The molecule has 2 aromatic rings. The lowest BCUT2D eigenvalue weighted by Crippen LogP contribution is -2.22. The Labute approximate surface area is 153 Å². The molecule has 0 aliphatic heterocycles. The van der Waals surface area contributed by atoms with Crippen LogP contribution in [-0.4, -0.2) is 6.03 Å². The number of nitrogens with one attached hydrogen (secondary N) is 1. The lowest BCUT2D eigenvalue weighted by Gasteiger charge is -2.21. The minimum Gasteiger partial charge on any atom is -0.351 e. The summed E-state index contributed by atoms with van der Waals surface area (Å²) >= 11 is 12.2. The van der Waals surface area contributed by atoms with E-state index in [-0.39, 0.29) is 11.8 Å². The van der Waals surface area contributed by atoms with Crippen LogP contribution in [0.5, 0.6) is 0 Å². The molecule has 0 saturated heterocycles. The molecule has 0 bridgehead atoms. The topological polar surface area (TPSA) is 55.1 Å². The number of carbonyl (C=O) groups excluding carboxylic acids is 1. The van der Waals surface area contributed by atoms with E-state index in [1.54, 1.807) is 6.07 Å². The molecule has 24 heavy (non-hydrogen) atoms. The van der Waals surface area contributed by atoms with E-state index >= 15 is 0 Å². The van der Waals surface area contributed by atoms with Crippen molar-refractivity contribution < 1.29 is 4.79 Å². The van der Waals surface area contributed by atoms with E-state index in [2.05, 4.69) is 45.1 Å². The molecule has 0 radical (unpaired) electrons. The average molecular weight is 365 g/mol. The number of nitrogens with two attached hydrogens (primary N) is 1. The molecule has 0 aromatic heterocycles. The molecule has 0 aliphatic carbocycles. The summed E-state index contributed by atoms with van der Waals surface area (Å²) in [4.78, 5) is 11.4. The second-order valence-corrected chi connectivity index (χ2v) is 7.27. The number of amides is 2. The first kappa shape index (κ1) is 18.6. The SMILES string of the molecule is CC(C)c1cc(-c2ccc(Cl)c(Cl)c2)cc(C(C)C)c1NC(N)=O. The highest BCUT2D eigenvalue weighted by Gasteiger charge is 2.18. The standard InChI is InChI=1S/C19H22Cl2N2O/c1-10(2)14-7-13(12-5-6-16(20)17(21)9-12)8-15(11(3)4)18(14)23-19(22)24/h5-11H,1-4H3,(H3,22,23,24). The van der Waals surface area contributed by atoms with Gasteiger partial charge in [0.2, 0.25) is 0 Å². The lowest BCUT2D eigenvalue weighted by molar-refractivity contribution is 0.259. The third-order valence-corrected chi connectivity index (χ3v) is 4.68. The second kappa shape index (κ2) is 7.45. The molecule has 3 N–H and O–H groups in total. The Morgan fingerprint density at radius 1 is 0.917 bits per heavy atom. The summed E-state index contributed by atoms with van der Waals surface area (Å²) in [6, 6.07) is 9.18. The first-order valence-electron chi connectivity index (χ1n) is 7.90. The normalized spacial score (nSPS) is 11.2. The van der Waals surface area contributed by atoms with Gasteiger partial charge in [-0.3, -0.25) is 0 Å². The van der Waals surface area contributed by atoms with Gasteiger partial charge in [0.05, 0.1) is 10.0 Å². The van der Waals surface area contributed by atoms with Gasteiger partial charge in [-0.25, -0.2) is 4.79 Å². The summed E-state index contributed by atoms with van der Waals surface area (Å²) in [5.74, 6) is 0.458. The van der Waals surface area contributed by atoms with E-state index in [1.807, 2.05) is 12.1 Å². The van der Waals surface area contributed by atoms with Gasteiger partial charge in [0.15, 0.2) is 0 Å². The van der Waals surface area contributed by atoms with E-state index in [0.717, 1.165) is 27.9 Å². The molecule has 0 heterocycles. The Kier molecular flexibility index (Phi) is 5.79. The Hall–Kier alpha value is -1.71. The van der Waals surface area contributed by atoms with E-state index < -0.39 is 6.03 Å². The third-order valence-electron chi connectivity index (χ3n) is 3.94. The molecular formula is C19H22Cl2N2O. The fourth-order valence-corrected chi connectivity index (χ4v) is 3.01. The van der Waals surface area contributed by atoms with Gasteiger partial charge in [-0.15, -0.1) is 0 Å². The predicted molar refractivity (Wildman–Crippen MR) is 103 cm³/mol. The zero-order valence-corrected chi connectivity index (χ0v) is 15.8. The van der Waals surface area contributed by atoms with Gasteiger partial charge < -0.3 is 11.1 Å². The number of halogens is 2. The van der Waals surface area contributed by atoms with Crippen LogP contribution in [0.4, 0.5) is 10.5 Å². The van der Waals surface area contributed by atoms with Crippen molar-refractivity contribution in [2.45, 2.75) is 39.5 Å². The summed E-state index contributed by atoms with van der Waals surface area (Å²) in [5, 5.41) is 3.84. The summed E-state index contributed by atoms with van der Waals surface area (Å²) in [5.41, 5.74) is 10.3. The first-order chi connectivity index (χ1) is 11.2. The monoisotopic (exact) mass is 364 g/mol. The summed E-state index contributed by atoms with van der Waals surface area (Å²) in [7, 11) is 0. The number of urea groups is 1. The van der Waals surface area contributed by atoms with Crippen molar-refractivity contribution in [2.75, 3.05) is 5.32 Å². The molecule has 2 amide bonds. The zero-order chi connectivity index (χ0) is 18.0. The molecule has 0 aliphatic rings. The molecular weight excluding hydrogens is 343 g/mol. The van der Waals surface area contributed by atoms with Crippen molar-refractivity contribution in [2.24, 2.45) is 5.73 Å². The van der Waals surface area contributed by atoms with Gasteiger partial charge in [-0.2, -0.15) is 0 Å². The fraction of sp³-hybridized carbons (Fsp3) is 0.316.